The summed E-state index contributed by atoms with van der Waals surface area (Å²) in [5.41, 5.74) is 0.859. The lowest BCUT2D eigenvalue weighted by atomic mass is 10.0. The molecule has 0 spiro atoms. The second-order valence-electron chi connectivity index (χ2n) is 5.66. The first-order valence-electron chi connectivity index (χ1n) is 8.34. The quantitative estimate of drug-likeness (QED) is 0.588. The van der Waals surface area contributed by atoms with Gasteiger partial charge in [0.2, 0.25) is 5.91 Å². The summed E-state index contributed by atoms with van der Waals surface area (Å²) in [5.74, 6) is 0.578. The van der Waals surface area contributed by atoms with E-state index in [0.717, 1.165) is 17.7 Å². The zero-order valence-corrected chi connectivity index (χ0v) is 14.5. The molecular formula is C20H23NO4. The maximum Gasteiger partial charge on any atom is 0.313 e. The van der Waals surface area contributed by atoms with Gasteiger partial charge in [-0.05, 0) is 36.2 Å². The Morgan fingerprint density at radius 1 is 1.00 bits per heavy atom. The molecule has 2 aromatic rings. The van der Waals surface area contributed by atoms with Gasteiger partial charge in [0.25, 0.3) is 0 Å². The molecule has 1 N–H and O–H groups in total. The number of nitrogens with one attached hydrogen (secondary N) is 1. The van der Waals surface area contributed by atoms with Crippen molar-refractivity contribution in [3.8, 4) is 11.5 Å². The molecule has 25 heavy (non-hydrogen) atoms. The number of amides is 1. The number of esters is 1. The third-order valence-corrected chi connectivity index (χ3v) is 3.48. The third-order valence-electron chi connectivity index (χ3n) is 3.48. The molecule has 1 unspecified atom stereocenters. The lowest BCUT2D eigenvalue weighted by molar-refractivity contribution is -0.135. The Balaban J connectivity index is 1.97. The van der Waals surface area contributed by atoms with Gasteiger partial charge >= 0.3 is 5.97 Å². The largest absolute Gasteiger partial charge is 0.494 e. The Morgan fingerprint density at radius 3 is 2.24 bits per heavy atom. The fourth-order valence-corrected chi connectivity index (χ4v) is 2.35. The van der Waals surface area contributed by atoms with Gasteiger partial charge in [0.05, 0.1) is 19.1 Å². The van der Waals surface area contributed by atoms with E-state index in [4.69, 9.17) is 9.47 Å². The van der Waals surface area contributed by atoms with E-state index in [9.17, 15) is 9.59 Å². The number of rotatable bonds is 8. The molecule has 1 amide bonds. The highest BCUT2D eigenvalue weighted by Gasteiger charge is 2.18. The standard InChI is InChI=1S/C20H23NO4/c1-3-13-24-17-9-11-18(12-10-17)25-20(23)14-19(21-15(2)22)16-7-5-4-6-8-16/h4-12,19H,3,13-14H2,1-2H3,(H,21,22). The topological polar surface area (TPSA) is 64.6 Å². The monoisotopic (exact) mass is 341 g/mol. The summed E-state index contributed by atoms with van der Waals surface area (Å²) < 4.78 is 10.9. The van der Waals surface area contributed by atoms with Gasteiger partial charge in [-0.15, -0.1) is 0 Å². The van der Waals surface area contributed by atoms with Crippen molar-refractivity contribution < 1.29 is 19.1 Å². The van der Waals surface area contributed by atoms with Crippen molar-refractivity contribution in [1.29, 1.82) is 0 Å². The van der Waals surface area contributed by atoms with Gasteiger partial charge in [-0.2, -0.15) is 0 Å². The molecule has 0 radical (unpaired) electrons. The Kier molecular flexibility index (Phi) is 7.01. The molecule has 0 heterocycles. The molecule has 5 heteroatoms. The van der Waals surface area contributed by atoms with Crippen molar-refractivity contribution in [1.82, 2.24) is 5.32 Å². The molecule has 0 saturated heterocycles. The maximum atomic E-state index is 12.2. The minimum Gasteiger partial charge on any atom is -0.494 e. The highest BCUT2D eigenvalue weighted by molar-refractivity contribution is 5.77. The van der Waals surface area contributed by atoms with Crippen LogP contribution < -0.4 is 14.8 Å². The summed E-state index contributed by atoms with van der Waals surface area (Å²) in [6.45, 7) is 4.11. The zero-order valence-electron chi connectivity index (χ0n) is 14.5. The third kappa shape index (κ3) is 6.30. The number of hydrogen-bond donors (Lipinski definition) is 1. The van der Waals surface area contributed by atoms with Crippen molar-refractivity contribution in [3.05, 3.63) is 60.2 Å². The van der Waals surface area contributed by atoms with E-state index < -0.39 is 12.0 Å². The minimum absolute atomic E-state index is 0.0533. The number of carbonyl (C=O) groups is 2. The van der Waals surface area contributed by atoms with E-state index >= 15 is 0 Å². The number of carbonyl (C=O) groups excluding carboxylic acids is 2. The molecule has 5 nitrogen and oxygen atoms in total. The smallest absolute Gasteiger partial charge is 0.313 e. The van der Waals surface area contributed by atoms with E-state index in [0.29, 0.717) is 12.4 Å². The molecular weight excluding hydrogens is 318 g/mol. The summed E-state index contributed by atoms with van der Waals surface area (Å²) in [4.78, 5) is 23.6. The normalized spacial score (nSPS) is 11.4. The number of hydrogen-bond acceptors (Lipinski definition) is 4. The molecule has 2 rings (SSSR count). The molecule has 0 aliphatic rings. The molecule has 2 aromatic carbocycles. The van der Waals surface area contributed by atoms with Gasteiger partial charge < -0.3 is 14.8 Å². The SMILES string of the molecule is CCCOc1ccc(OC(=O)CC(NC(C)=O)c2ccccc2)cc1. The Hall–Kier alpha value is -2.82. The van der Waals surface area contributed by atoms with Crippen molar-refractivity contribution in [2.75, 3.05) is 6.61 Å². The summed E-state index contributed by atoms with van der Waals surface area (Å²) in [5, 5.41) is 2.79. The van der Waals surface area contributed by atoms with E-state index in [1.807, 2.05) is 37.3 Å². The van der Waals surface area contributed by atoms with Crippen LogP contribution in [0.15, 0.2) is 54.6 Å². The van der Waals surface area contributed by atoms with Crippen LogP contribution in [0.5, 0.6) is 11.5 Å². The maximum absolute atomic E-state index is 12.2. The fraction of sp³-hybridized carbons (Fsp3) is 0.300. The highest BCUT2D eigenvalue weighted by atomic mass is 16.5. The van der Waals surface area contributed by atoms with E-state index in [2.05, 4.69) is 5.32 Å². The second kappa shape index (κ2) is 9.47. The van der Waals surface area contributed by atoms with Crippen LogP contribution in [0.1, 0.15) is 38.3 Å². The Morgan fingerprint density at radius 2 is 1.64 bits per heavy atom. The second-order valence-corrected chi connectivity index (χ2v) is 5.66. The van der Waals surface area contributed by atoms with Crippen molar-refractivity contribution in [2.24, 2.45) is 0 Å². The number of ether oxygens (including phenoxy) is 2. The van der Waals surface area contributed by atoms with Crippen LogP contribution in [0.25, 0.3) is 0 Å². The average Bonchev–Trinajstić information content (AvgIpc) is 2.61. The molecule has 0 bridgehead atoms. The summed E-state index contributed by atoms with van der Waals surface area (Å²) in [7, 11) is 0. The van der Waals surface area contributed by atoms with Gasteiger partial charge in [-0.25, -0.2) is 0 Å². The fourth-order valence-electron chi connectivity index (χ4n) is 2.35. The van der Waals surface area contributed by atoms with Crippen LogP contribution in [0.2, 0.25) is 0 Å². The van der Waals surface area contributed by atoms with Gasteiger partial charge in [0.1, 0.15) is 11.5 Å². The lowest BCUT2D eigenvalue weighted by Crippen LogP contribution is -2.29. The summed E-state index contributed by atoms with van der Waals surface area (Å²) in [6, 6.07) is 15.9. The molecule has 132 valence electrons. The molecule has 0 aliphatic heterocycles. The van der Waals surface area contributed by atoms with Crippen LogP contribution in [-0.2, 0) is 9.59 Å². The molecule has 0 aliphatic carbocycles. The van der Waals surface area contributed by atoms with Crippen LogP contribution in [-0.4, -0.2) is 18.5 Å². The van der Waals surface area contributed by atoms with E-state index in [-0.39, 0.29) is 12.3 Å². The van der Waals surface area contributed by atoms with Crippen LogP contribution >= 0.6 is 0 Å². The van der Waals surface area contributed by atoms with E-state index in [1.54, 1.807) is 24.3 Å². The van der Waals surface area contributed by atoms with Gasteiger partial charge in [0.15, 0.2) is 0 Å². The zero-order chi connectivity index (χ0) is 18.1. The van der Waals surface area contributed by atoms with Crippen molar-refractivity contribution in [2.45, 2.75) is 32.7 Å². The first-order chi connectivity index (χ1) is 12.1. The highest BCUT2D eigenvalue weighted by Crippen LogP contribution is 2.21. The van der Waals surface area contributed by atoms with Crippen LogP contribution in [0.3, 0.4) is 0 Å². The molecule has 1 atom stereocenters. The lowest BCUT2D eigenvalue weighted by Gasteiger charge is -2.17. The number of benzene rings is 2. The predicted octanol–water partition coefficient (Wildman–Crippen LogP) is 3.65. The van der Waals surface area contributed by atoms with Crippen LogP contribution in [0.4, 0.5) is 0 Å². The van der Waals surface area contributed by atoms with Crippen LogP contribution in [0, 0.1) is 0 Å². The van der Waals surface area contributed by atoms with Gasteiger partial charge in [-0.1, -0.05) is 37.3 Å². The van der Waals surface area contributed by atoms with E-state index in [1.165, 1.54) is 6.92 Å². The average molecular weight is 341 g/mol. The molecule has 0 aromatic heterocycles. The first-order valence-corrected chi connectivity index (χ1v) is 8.34. The van der Waals surface area contributed by atoms with Gasteiger partial charge in [0, 0.05) is 6.92 Å². The van der Waals surface area contributed by atoms with Crippen molar-refractivity contribution in [3.63, 3.8) is 0 Å². The molecule has 0 saturated carbocycles. The first kappa shape index (κ1) is 18.5. The molecule has 0 fully saturated rings. The Labute approximate surface area is 148 Å². The summed E-state index contributed by atoms with van der Waals surface area (Å²) in [6.07, 6.45) is 0.985. The van der Waals surface area contributed by atoms with Crippen molar-refractivity contribution >= 4 is 11.9 Å². The Bertz CT molecular complexity index is 683. The summed E-state index contributed by atoms with van der Waals surface area (Å²) >= 11 is 0. The van der Waals surface area contributed by atoms with Gasteiger partial charge in [-0.3, -0.25) is 9.59 Å². The predicted molar refractivity (Wildman–Crippen MR) is 95.5 cm³/mol. The minimum atomic E-state index is -0.418.